The molecule has 2 heterocycles. The van der Waals surface area contributed by atoms with Gasteiger partial charge < -0.3 is 15.1 Å². The van der Waals surface area contributed by atoms with Crippen LogP contribution in [-0.2, 0) is 4.79 Å². The first kappa shape index (κ1) is 15.8. The molecule has 1 amide bonds. The Labute approximate surface area is 146 Å². The van der Waals surface area contributed by atoms with Crippen molar-refractivity contribution in [2.45, 2.75) is 44.9 Å². The zero-order chi connectivity index (χ0) is 16.8. The van der Waals surface area contributed by atoms with Gasteiger partial charge in [-0.1, -0.05) is 19.3 Å². The highest BCUT2D eigenvalue weighted by atomic mass is 35.5. The van der Waals surface area contributed by atoms with E-state index in [0.29, 0.717) is 29.6 Å². The molecule has 1 aromatic carbocycles. The van der Waals surface area contributed by atoms with Crippen LogP contribution in [0.4, 0.5) is 11.4 Å². The SMILES string of the molecule is Cc1nc2c3c(cc(N)c2o1)N(C(=O)C1CCCCC1)CC3CCl. The molecule has 1 aromatic heterocycles. The van der Waals surface area contributed by atoms with Crippen LogP contribution in [0.1, 0.15) is 49.5 Å². The summed E-state index contributed by atoms with van der Waals surface area (Å²) in [5.41, 5.74) is 9.94. The van der Waals surface area contributed by atoms with Gasteiger partial charge in [0.15, 0.2) is 11.5 Å². The van der Waals surface area contributed by atoms with E-state index in [1.807, 2.05) is 11.0 Å². The van der Waals surface area contributed by atoms with Gasteiger partial charge in [0.05, 0.1) is 11.4 Å². The second-order valence-corrected chi connectivity index (χ2v) is 7.25. The van der Waals surface area contributed by atoms with Crippen molar-refractivity contribution in [3.63, 3.8) is 0 Å². The third kappa shape index (κ3) is 2.37. The van der Waals surface area contributed by atoms with Gasteiger partial charge >= 0.3 is 0 Å². The van der Waals surface area contributed by atoms with E-state index in [2.05, 4.69) is 4.98 Å². The summed E-state index contributed by atoms with van der Waals surface area (Å²) in [5.74, 6) is 1.43. The minimum absolute atomic E-state index is 0.0711. The summed E-state index contributed by atoms with van der Waals surface area (Å²) >= 11 is 6.21. The fraction of sp³-hybridized carbons (Fsp3) is 0.556. The second-order valence-electron chi connectivity index (χ2n) is 6.94. The van der Waals surface area contributed by atoms with Crippen LogP contribution in [0.25, 0.3) is 11.1 Å². The van der Waals surface area contributed by atoms with Gasteiger partial charge in [-0.05, 0) is 18.9 Å². The molecule has 1 aliphatic carbocycles. The average molecular weight is 348 g/mol. The van der Waals surface area contributed by atoms with E-state index >= 15 is 0 Å². The Hall–Kier alpha value is -1.75. The number of nitrogen functional groups attached to an aromatic ring is 1. The molecule has 2 aromatic rings. The largest absolute Gasteiger partial charge is 0.439 e. The van der Waals surface area contributed by atoms with Gasteiger partial charge in [-0.15, -0.1) is 11.6 Å². The number of anilines is 2. The maximum absolute atomic E-state index is 13.1. The number of oxazole rings is 1. The number of halogens is 1. The molecule has 24 heavy (non-hydrogen) atoms. The van der Waals surface area contributed by atoms with E-state index in [-0.39, 0.29) is 17.7 Å². The smallest absolute Gasteiger partial charge is 0.230 e. The summed E-state index contributed by atoms with van der Waals surface area (Å²) in [6.45, 7) is 2.42. The number of aryl methyl sites for hydroxylation is 1. The van der Waals surface area contributed by atoms with E-state index in [9.17, 15) is 4.79 Å². The van der Waals surface area contributed by atoms with Crippen LogP contribution in [-0.4, -0.2) is 23.3 Å². The second kappa shape index (κ2) is 5.96. The molecule has 128 valence electrons. The lowest BCUT2D eigenvalue weighted by Gasteiger charge is -2.27. The van der Waals surface area contributed by atoms with E-state index in [1.54, 1.807) is 6.92 Å². The number of hydrogen-bond acceptors (Lipinski definition) is 4. The van der Waals surface area contributed by atoms with Gasteiger partial charge in [0.25, 0.3) is 0 Å². The van der Waals surface area contributed by atoms with E-state index in [4.69, 9.17) is 21.8 Å². The van der Waals surface area contributed by atoms with E-state index in [0.717, 1.165) is 42.5 Å². The Morgan fingerprint density at radius 1 is 1.42 bits per heavy atom. The number of alkyl halides is 1. The third-order valence-corrected chi connectivity index (χ3v) is 5.70. The van der Waals surface area contributed by atoms with Gasteiger partial charge in [-0.3, -0.25) is 4.79 Å². The molecule has 2 N–H and O–H groups in total. The molecule has 0 spiro atoms. The van der Waals surface area contributed by atoms with Crippen molar-refractivity contribution in [1.82, 2.24) is 4.98 Å². The number of nitrogens with zero attached hydrogens (tertiary/aromatic N) is 2. The summed E-state index contributed by atoms with van der Waals surface area (Å²) in [6, 6.07) is 1.86. The number of benzene rings is 1. The molecule has 5 nitrogen and oxygen atoms in total. The highest BCUT2D eigenvalue weighted by Crippen LogP contribution is 2.45. The normalized spacial score (nSPS) is 21.4. The predicted molar refractivity (Wildman–Crippen MR) is 95.5 cm³/mol. The number of fused-ring (bicyclic) bond motifs is 3. The molecule has 1 saturated carbocycles. The third-order valence-electron chi connectivity index (χ3n) is 5.33. The Bertz CT molecular complexity index is 795. The molecule has 0 radical (unpaired) electrons. The fourth-order valence-corrected chi connectivity index (χ4v) is 4.41. The number of rotatable bonds is 2. The predicted octanol–water partition coefficient (Wildman–Crippen LogP) is 3.97. The summed E-state index contributed by atoms with van der Waals surface area (Å²) in [6.07, 6.45) is 5.48. The lowest BCUT2D eigenvalue weighted by atomic mass is 9.88. The summed E-state index contributed by atoms with van der Waals surface area (Å²) in [5, 5.41) is 0. The monoisotopic (exact) mass is 347 g/mol. The number of aromatic nitrogens is 1. The van der Waals surface area contributed by atoms with Gasteiger partial charge in [-0.25, -0.2) is 4.98 Å². The van der Waals surface area contributed by atoms with Crippen molar-refractivity contribution in [3.05, 3.63) is 17.5 Å². The quantitative estimate of drug-likeness (QED) is 0.659. The number of carbonyl (C=O) groups is 1. The van der Waals surface area contributed by atoms with Gasteiger partial charge in [0, 0.05) is 36.7 Å². The zero-order valence-corrected chi connectivity index (χ0v) is 14.6. The first-order valence-corrected chi connectivity index (χ1v) is 9.20. The number of amides is 1. The summed E-state index contributed by atoms with van der Waals surface area (Å²) in [4.78, 5) is 19.5. The lowest BCUT2D eigenvalue weighted by Crippen LogP contribution is -2.36. The topological polar surface area (TPSA) is 72.4 Å². The van der Waals surface area contributed by atoms with Crippen LogP contribution in [0, 0.1) is 12.8 Å². The Morgan fingerprint density at radius 3 is 2.88 bits per heavy atom. The minimum atomic E-state index is 0.0711. The van der Waals surface area contributed by atoms with Crippen LogP contribution in [0.2, 0.25) is 0 Å². The highest BCUT2D eigenvalue weighted by molar-refractivity contribution is 6.19. The standard InChI is InChI=1S/C18H22ClN3O2/c1-10-21-16-15-12(8-19)9-22(14(15)7-13(20)17(16)24-10)18(23)11-5-3-2-4-6-11/h7,11-12H,2-6,8-9,20H2,1H3. The van der Waals surface area contributed by atoms with Crippen molar-refractivity contribution in [1.29, 1.82) is 0 Å². The molecule has 1 aliphatic heterocycles. The Balaban J connectivity index is 1.80. The molecular weight excluding hydrogens is 326 g/mol. The van der Waals surface area contributed by atoms with Crippen molar-refractivity contribution in [3.8, 4) is 0 Å². The van der Waals surface area contributed by atoms with Crippen LogP contribution in [0.5, 0.6) is 0 Å². The first-order chi connectivity index (χ1) is 11.6. The molecule has 6 heteroatoms. The summed E-state index contributed by atoms with van der Waals surface area (Å²) in [7, 11) is 0. The number of nitrogens with two attached hydrogens (primary N) is 1. The highest BCUT2D eigenvalue weighted by Gasteiger charge is 2.38. The molecule has 2 aliphatic rings. The Morgan fingerprint density at radius 2 is 2.17 bits per heavy atom. The maximum Gasteiger partial charge on any atom is 0.230 e. The summed E-state index contributed by atoms with van der Waals surface area (Å²) < 4.78 is 5.65. The van der Waals surface area contributed by atoms with Crippen molar-refractivity contribution < 1.29 is 9.21 Å². The number of hydrogen-bond donors (Lipinski definition) is 1. The van der Waals surface area contributed by atoms with Gasteiger partial charge in [-0.2, -0.15) is 0 Å². The number of carbonyl (C=O) groups excluding carboxylic acids is 1. The Kier molecular flexibility index (Phi) is 3.91. The zero-order valence-electron chi connectivity index (χ0n) is 13.8. The molecule has 1 fully saturated rings. The first-order valence-electron chi connectivity index (χ1n) is 8.67. The van der Waals surface area contributed by atoms with E-state index in [1.165, 1.54) is 6.42 Å². The van der Waals surface area contributed by atoms with Gasteiger partial charge in [0.1, 0.15) is 5.52 Å². The van der Waals surface area contributed by atoms with E-state index < -0.39 is 0 Å². The van der Waals surface area contributed by atoms with Gasteiger partial charge in [0.2, 0.25) is 5.91 Å². The average Bonchev–Trinajstić information content (AvgIpc) is 3.15. The molecule has 1 unspecified atom stereocenters. The molecule has 0 bridgehead atoms. The van der Waals surface area contributed by atoms with Crippen molar-refractivity contribution in [2.75, 3.05) is 23.1 Å². The molecule has 0 saturated heterocycles. The molecule has 4 rings (SSSR count). The van der Waals surface area contributed by atoms with Crippen molar-refractivity contribution >= 4 is 40.0 Å². The van der Waals surface area contributed by atoms with Crippen LogP contribution >= 0.6 is 11.6 Å². The maximum atomic E-state index is 13.1. The molecule has 1 atom stereocenters. The van der Waals surface area contributed by atoms with Crippen LogP contribution in [0.3, 0.4) is 0 Å². The van der Waals surface area contributed by atoms with Crippen LogP contribution in [0.15, 0.2) is 10.5 Å². The molecular formula is C18H22ClN3O2. The van der Waals surface area contributed by atoms with Crippen molar-refractivity contribution in [2.24, 2.45) is 5.92 Å². The van der Waals surface area contributed by atoms with Crippen LogP contribution < -0.4 is 10.6 Å². The minimum Gasteiger partial charge on any atom is -0.439 e. The lowest BCUT2D eigenvalue weighted by molar-refractivity contribution is -0.123. The fourth-order valence-electron chi connectivity index (χ4n) is 4.16.